The molecule has 0 amide bonds. The lowest BCUT2D eigenvalue weighted by atomic mass is 10.2. The van der Waals surface area contributed by atoms with E-state index in [2.05, 4.69) is 10.3 Å². The number of hydrogen-bond acceptors (Lipinski definition) is 4. The predicted molar refractivity (Wildman–Crippen MR) is 75.2 cm³/mol. The molecule has 0 radical (unpaired) electrons. The lowest BCUT2D eigenvalue weighted by molar-refractivity contribution is 0.0690. The molecule has 0 spiro atoms. The van der Waals surface area contributed by atoms with Crippen molar-refractivity contribution in [3.8, 4) is 0 Å². The van der Waals surface area contributed by atoms with Crippen molar-refractivity contribution in [2.75, 3.05) is 24.3 Å². The fourth-order valence-electron chi connectivity index (χ4n) is 1.72. The van der Waals surface area contributed by atoms with Crippen molar-refractivity contribution < 1.29 is 9.90 Å². The fourth-order valence-corrected chi connectivity index (χ4v) is 1.72. The van der Waals surface area contributed by atoms with Gasteiger partial charge in [0.1, 0.15) is 5.69 Å². The van der Waals surface area contributed by atoms with Crippen LogP contribution in [0.1, 0.15) is 10.5 Å². The number of anilines is 3. The Labute approximate surface area is 111 Å². The average Bonchev–Trinajstić information content (AvgIpc) is 2.39. The summed E-state index contributed by atoms with van der Waals surface area (Å²) in [6, 6.07) is 11.0. The lowest BCUT2D eigenvalue weighted by Gasteiger charge is -2.18. The molecule has 5 nitrogen and oxygen atoms in total. The molecule has 0 aliphatic carbocycles. The normalized spacial score (nSPS) is 10.0. The maximum absolute atomic E-state index is 10.7. The maximum Gasteiger partial charge on any atom is 0.354 e. The van der Waals surface area contributed by atoms with Gasteiger partial charge in [0.15, 0.2) is 0 Å². The average molecular weight is 257 g/mol. The van der Waals surface area contributed by atoms with Crippen molar-refractivity contribution in [2.45, 2.75) is 0 Å². The molecule has 0 unspecified atom stereocenters. The van der Waals surface area contributed by atoms with Gasteiger partial charge in [-0.1, -0.05) is 12.1 Å². The van der Waals surface area contributed by atoms with Gasteiger partial charge in [-0.3, -0.25) is 0 Å². The van der Waals surface area contributed by atoms with Crippen LogP contribution in [0.5, 0.6) is 0 Å². The van der Waals surface area contributed by atoms with Crippen LogP contribution in [0.15, 0.2) is 42.6 Å². The monoisotopic (exact) mass is 257 g/mol. The second-order valence-corrected chi connectivity index (χ2v) is 4.27. The number of aromatic nitrogens is 1. The van der Waals surface area contributed by atoms with Gasteiger partial charge in [0, 0.05) is 14.1 Å². The number of carbonyl (C=O) groups is 1. The van der Waals surface area contributed by atoms with Crippen LogP contribution >= 0.6 is 0 Å². The molecule has 1 heterocycles. The molecule has 2 N–H and O–H groups in total. The number of carboxylic acids is 1. The standard InChI is InChI=1S/C14H15N3O2/c1-17(2)13-6-4-3-5-11(13)16-10-7-8-12(14(18)19)15-9-10/h3-9,16H,1-2H3,(H,18,19). The molecule has 19 heavy (non-hydrogen) atoms. The van der Waals surface area contributed by atoms with Crippen LogP contribution in [-0.2, 0) is 0 Å². The minimum atomic E-state index is -1.03. The number of aromatic carboxylic acids is 1. The van der Waals surface area contributed by atoms with Gasteiger partial charge in [0.05, 0.1) is 23.3 Å². The van der Waals surface area contributed by atoms with E-state index in [0.717, 1.165) is 17.1 Å². The maximum atomic E-state index is 10.7. The molecule has 1 aromatic carbocycles. The molecule has 1 aromatic heterocycles. The molecule has 2 rings (SSSR count). The number of nitrogens with one attached hydrogen (secondary N) is 1. The number of rotatable bonds is 4. The Morgan fingerprint density at radius 3 is 2.53 bits per heavy atom. The predicted octanol–water partition coefficient (Wildman–Crippen LogP) is 2.59. The quantitative estimate of drug-likeness (QED) is 0.881. The number of pyridine rings is 1. The van der Waals surface area contributed by atoms with Crippen LogP contribution in [0.2, 0.25) is 0 Å². The van der Waals surface area contributed by atoms with Gasteiger partial charge in [-0.2, -0.15) is 0 Å². The van der Waals surface area contributed by atoms with Crippen LogP contribution in [0, 0.1) is 0 Å². The molecule has 0 bridgehead atoms. The Balaban J connectivity index is 2.24. The first-order valence-electron chi connectivity index (χ1n) is 5.80. The summed E-state index contributed by atoms with van der Waals surface area (Å²) in [5.74, 6) is -1.03. The Kier molecular flexibility index (Phi) is 3.66. The summed E-state index contributed by atoms with van der Waals surface area (Å²) in [5.41, 5.74) is 2.77. The summed E-state index contributed by atoms with van der Waals surface area (Å²) < 4.78 is 0. The first-order valence-corrected chi connectivity index (χ1v) is 5.80. The smallest absolute Gasteiger partial charge is 0.354 e. The molecule has 0 aliphatic rings. The third-order valence-corrected chi connectivity index (χ3v) is 2.65. The molecular weight excluding hydrogens is 242 g/mol. The minimum Gasteiger partial charge on any atom is -0.477 e. The molecule has 0 saturated carbocycles. The van der Waals surface area contributed by atoms with E-state index in [0.29, 0.717) is 0 Å². The zero-order chi connectivity index (χ0) is 13.8. The molecule has 98 valence electrons. The van der Waals surface area contributed by atoms with E-state index in [1.807, 2.05) is 43.3 Å². The summed E-state index contributed by atoms with van der Waals surface area (Å²) in [6.07, 6.45) is 1.51. The first kappa shape index (κ1) is 12.9. The summed E-state index contributed by atoms with van der Waals surface area (Å²) in [5, 5.41) is 12.0. The van der Waals surface area contributed by atoms with Crippen LogP contribution in [0.3, 0.4) is 0 Å². The van der Waals surface area contributed by atoms with Gasteiger partial charge >= 0.3 is 5.97 Å². The zero-order valence-corrected chi connectivity index (χ0v) is 10.8. The van der Waals surface area contributed by atoms with Crippen LogP contribution in [0.4, 0.5) is 17.1 Å². The van der Waals surface area contributed by atoms with Gasteiger partial charge < -0.3 is 15.3 Å². The Morgan fingerprint density at radius 2 is 1.95 bits per heavy atom. The third-order valence-electron chi connectivity index (χ3n) is 2.65. The molecule has 0 saturated heterocycles. The van der Waals surface area contributed by atoms with Gasteiger partial charge in [0.2, 0.25) is 0 Å². The zero-order valence-electron chi connectivity index (χ0n) is 10.8. The third kappa shape index (κ3) is 3.01. The number of benzene rings is 1. The lowest BCUT2D eigenvalue weighted by Crippen LogP contribution is -2.10. The van der Waals surface area contributed by atoms with E-state index in [9.17, 15) is 4.79 Å². The van der Waals surface area contributed by atoms with Gasteiger partial charge in [0.25, 0.3) is 0 Å². The van der Waals surface area contributed by atoms with E-state index in [1.54, 1.807) is 6.07 Å². The fraction of sp³-hybridized carbons (Fsp3) is 0.143. The Bertz CT molecular complexity index is 579. The molecular formula is C14H15N3O2. The van der Waals surface area contributed by atoms with E-state index in [1.165, 1.54) is 12.3 Å². The number of nitrogens with zero attached hydrogens (tertiary/aromatic N) is 2. The largest absolute Gasteiger partial charge is 0.477 e. The van der Waals surface area contributed by atoms with Gasteiger partial charge in [-0.05, 0) is 24.3 Å². The van der Waals surface area contributed by atoms with Gasteiger partial charge in [-0.25, -0.2) is 9.78 Å². The molecule has 5 heteroatoms. The first-order chi connectivity index (χ1) is 9.08. The topological polar surface area (TPSA) is 65.5 Å². The number of hydrogen-bond donors (Lipinski definition) is 2. The Morgan fingerprint density at radius 1 is 1.21 bits per heavy atom. The molecule has 0 fully saturated rings. The Hall–Kier alpha value is -2.56. The molecule has 0 atom stereocenters. The van der Waals surface area contributed by atoms with Crippen molar-refractivity contribution in [3.05, 3.63) is 48.3 Å². The van der Waals surface area contributed by atoms with Crippen molar-refractivity contribution in [3.63, 3.8) is 0 Å². The number of carboxylic acid groups (broad SMARTS) is 1. The second kappa shape index (κ2) is 5.39. The highest BCUT2D eigenvalue weighted by molar-refractivity contribution is 5.85. The summed E-state index contributed by atoms with van der Waals surface area (Å²) >= 11 is 0. The number of para-hydroxylation sites is 2. The summed E-state index contributed by atoms with van der Waals surface area (Å²) in [4.78, 5) is 16.6. The van der Waals surface area contributed by atoms with Crippen LogP contribution in [-0.4, -0.2) is 30.2 Å². The van der Waals surface area contributed by atoms with Crippen molar-refractivity contribution in [2.24, 2.45) is 0 Å². The van der Waals surface area contributed by atoms with Gasteiger partial charge in [-0.15, -0.1) is 0 Å². The van der Waals surface area contributed by atoms with Crippen molar-refractivity contribution in [1.82, 2.24) is 4.98 Å². The van der Waals surface area contributed by atoms with E-state index >= 15 is 0 Å². The molecule has 2 aromatic rings. The van der Waals surface area contributed by atoms with E-state index in [-0.39, 0.29) is 5.69 Å². The summed E-state index contributed by atoms with van der Waals surface area (Å²) in [6.45, 7) is 0. The highest BCUT2D eigenvalue weighted by Gasteiger charge is 2.06. The highest BCUT2D eigenvalue weighted by Crippen LogP contribution is 2.26. The van der Waals surface area contributed by atoms with Crippen molar-refractivity contribution >= 4 is 23.0 Å². The minimum absolute atomic E-state index is 0.0337. The SMILES string of the molecule is CN(C)c1ccccc1Nc1ccc(C(=O)O)nc1. The summed E-state index contributed by atoms with van der Waals surface area (Å²) in [7, 11) is 3.93. The highest BCUT2D eigenvalue weighted by atomic mass is 16.4. The van der Waals surface area contributed by atoms with E-state index in [4.69, 9.17) is 5.11 Å². The molecule has 0 aliphatic heterocycles. The van der Waals surface area contributed by atoms with Crippen LogP contribution in [0.25, 0.3) is 0 Å². The van der Waals surface area contributed by atoms with Crippen molar-refractivity contribution in [1.29, 1.82) is 0 Å². The van der Waals surface area contributed by atoms with E-state index < -0.39 is 5.97 Å². The van der Waals surface area contributed by atoms with Crippen LogP contribution < -0.4 is 10.2 Å². The second-order valence-electron chi connectivity index (χ2n) is 4.27.